The molecule has 0 bridgehead atoms. The Labute approximate surface area is 121 Å². The molecule has 0 aliphatic carbocycles. The molecule has 1 atom stereocenters. The van der Waals surface area contributed by atoms with Crippen molar-refractivity contribution in [2.24, 2.45) is 0 Å². The van der Waals surface area contributed by atoms with E-state index < -0.39 is 6.10 Å². The van der Waals surface area contributed by atoms with E-state index in [1.807, 2.05) is 42.5 Å². The summed E-state index contributed by atoms with van der Waals surface area (Å²) in [6.07, 6.45) is -0.786. The molecule has 0 spiro atoms. The number of aromatic amines is 1. The molecule has 2 aromatic carbocycles. The third-order valence-electron chi connectivity index (χ3n) is 3.76. The van der Waals surface area contributed by atoms with Crippen molar-refractivity contribution >= 4 is 16.6 Å². The zero-order valence-electron chi connectivity index (χ0n) is 11.7. The lowest BCUT2D eigenvalue weighted by atomic mass is 10.0. The van der Waals surface area contributed by atoms with Crippen LogP contribution in [0.2, 0.25) is 0 Å². The van der Waals surface area contributed by atoms with Crippen molar-refractivity contribution in [1.29, 1.82) is 0 Å². The van der Waals surface area contributed by atoms with Crippen LogP contribution in [0.5, 0.6) is 0 Å². The highest BCUT2D eigenvalue weighted by molar-refractivity contribution is 5.85. The zero-order chi connectivity index (χ0) is 15.0. The van der Waals surface area contributed by atoms with E-state index in [2.05, 4.69) is 5.10 Å². The number of rotatable bonds is 3. The third-order valence-corrected chi connectivity index (χ3v) is 3.76. The van der Waals surface area contributed by atoms with E-state index in [0.717, 1.165) is 16.3 Å². The van der Waals surface area contributed by atoms with Crippen LogP contribution in [-0.4, -0.2) is 14.9 Å². The SMILES string of the molecule is Cc1c(N)[nH]n(CC(O)c2cccc3ccccc23)c1=O. The first-order valence-corrected chi connectivity index (χ1v) is 6.78. The molecule has 0 saturated carbocycles. The van der Waals surface area contributed by atoms with Crippen molar-refractivity contribution in [3.05, 3.63) is 63.9 Å². The number of aromatic nitrogens is 2. The number of fused-ring (bicyclic) bond motifs is 1. The molecular formula is C16H17N3O2. The second-order valence-electron chi connectivity index (χ2n) is 5.15. The maximum atomic E-state index is 12.0. The maximum Gasteiger partial charge on any atom is 0.271 e. The summed E-state index contributed by atoms with van der Waals surface area (Å²) in [6, 6.07) is 13.6. The van der Waals surface area contributed by atoms with Crippen LogP contribution in [0.15, 0.2) is 47.3 Å². The van der Waals surface area contributed by atoms with Gasteiger partial charge in [0.1, 0.15) is 5.82 Å². The Morgan fingerprint density at radius 2 is 1.95 bits per heavy atom. The average molecular weight is 283 g/mol. The fourth-order valence-corrected chi connectivity index (χ4v) is 2.54. The molecule has 0 fully saturated rings. The van der Waals surface area contributed by atoms with Gasteiger partial charge in [-0.1, -0.05) is 42.5 Å². The molecule has 1 unspecified atom stereocenters. The van der Waals surface area contributed by atoms with E-state index in [1.165, 1.54) is 4.68 Å². The minimum atomic E-state index is -0.786. The topological polar surface area (TPSA) is 84.0 Å². The highest BCUT2D eigenvalue weighted by Gasteiger charge is 2.15. The number of hydrogen-bond donors (Lipinski definition) is 3. The minimum absolute atomic E-state index is 0.144. The van der Waals surface area contributed by atoms with E-state index in [-0.39, 0.29) is 12.1 Å². The Morgan fingerprint density at radius 1 is 1.24 bits per heavy atom. The first-order chi connectivity index (χ1) is 10.1. The van der Waals surface area contributed by atoms with Crippen molar-refractivity contribution in [1.82, 2.24) is 9.78 Å². The quantitative estimate of drug-likeness (QED) is 0.687. The Kier molecular flexibility index (Phi) is 3.27. The van der Waals surface area contributed by atoms with Crippen LogP contribution >= 0.6 is 0 Å². The molecule has 1 heterocycles. The summed E-state index contributed by atoms with van der Waals surface area (Å²) in [5.41, 5.74) is 6.76. The van der Waals surface area contributed by atoms with Crippen LogP contribution in [0.25, 0.3) is 10.8 Å². The van der Waals surface area contributed by atoms with Crippen LogP contribution < -0.4 is 11.3 Å². The molecule has 21 heavy (non-hydrogen) atoms. The number of H-pyrrole nitrogens is 1. The molecule has 3 aromatic rings. The third kappa shape index (κ3) is 2.32. The Balaban J connectivity index is 1.99. The van der Waals surface area contributed by atoms with E-state index >= 15 is 0 Å². The van der Waals surface area contributed by atoms with Crippen LogP contribution in [0.4, 0.5) is 5.82 Å². The smallest absolute Gasteiger partial charge is 0.271 e. The van der Waals surface area contributed by atoms with Crippen molar-refractivity contribution in [2.45, 2.75) is 19.6 Å². The monoisotopic (exact) mass is 283 g/mol. The minimum Gasteiger partial charge on any atom is -0.386 e. The number of hydrogen-bond acceptors (Lipinski definition) is 3. The van der Waals surface area contributed by atoms with Crippen LogP contribution in [0, 0.1) is 6.92 Å². The fourth-order valence-electron chi connectivity index (χ4n) is 2.54. The van der Waals surface area contributed by atoms with Gasteiger partial charge in [0, 0.05) is 0 Å². The predicted molar refractivity (Wildman–Crippen MR) is 83.1 cm³/mol. The molecule has 0 aliphatic heterocycles. The van der Waals surface area contributed by atoms with Gasteiger partial charge in [0.2, 0.25) is 0 Å². The van der Waals surface area contributed by atoms with Gasteiger partial charge in [-0.25, -0.2) is 4.68 Å². The van der Waals surface area contributed by atoms with Crippen molar-refractivity contribution in [3.63, 3.8) is 0 Å². The summed E-state index contributed by atoms with van der Waals surface area (Å²) < 4.78 is 1.34. The standard InChI is InChI=1S/C16H17N3O2/c1-10-15(17)18-19(16(10)21)9-14(20)13-8-4-6-11-5-2-3-7-12(11)13/h2-8,14,18,20H,9,17H2,1H3. The van der Waals surface area contributed by atoms with E-state index in [0.29, 0.717) is 11.4 Å². The van der Waals surface area contributed by atoms with Crippen LogP contribution in [0.3, 0.4) is 0 Å². The van der Waals surface area contributed by atoms with Crippen LogP contribution in [0.1, 0.15) is 17.2 Å². The molecule has 1 aromatic heterocycles. The van der Waals surface area contributed by atoms with E-state index in [9.17, 15) is 9.90 Å². The van der Waals surface area contributed by atoms with Crippen LogP contribution in [-0.2, 0) is 6.54 Å². The maximum absolute atomic E-state index is 12.0. The van der Waals surface area contributed by atoms with Crippen molar-refractivity contribution < 1.29 is 5.11 Å². The van der Waals surface area contributed by atoms with Gasteiger partial charge in [0.15, 0.2) is 0 Å². The highest BCUT2D eigenvalue weighted by Crippen LogP contribution is 2.25. The molecule has 5 nitrogen and oxygen atoms in total. The second-order valence-corrected chi connectivity index (χ2v) is 5.15. The lowest BCUT2D eigenvalue weighted by molar-refractivity contribution is 0.152. The molecule has 0 aliphatic rings. The summed E-state index contributed by atoms with van der Waals surface area (Å²) in [7, 11) is 0. The molecule has 3 rings (SSSR count). The number of benzene rings is 2. The number of nitrogens with one attached hydrogen (secondary N) is 1. The lowest BCUT2D eigenvalue weighted by Gasteiger charge is -2.14. The Hall–Kier alpha value is -2.53. The van der Waals surface area contributed by atoms with Gasteiger partial charge >= 0.3 is 0 Å². The molecule has 108 valence electrons. The van der Waals surface area contributed by atoms with Gasteiger partial charge in [0.25, 0.3) is 5.56 Å². The summed E-state index contributed by atoms with van der Waals surface area (Å²) in [4.78, 5) is 12.0. The van der Waals surface area contributed by atoms with Gasteiger partial charge in [-0.2, -0.15) is 0 Å². The molecule has 5 heteroatoms. The average Bonchev–Trinajstić information content (AvgIpc) is 2.74. The van der Waals surface area contributed by atoms with Gasteiger partial charge in [-0.15, -0.1) is 0 Å². The summed E-state index contributed by atoms with van der Waals surface area (Å²) in [6.45, 7) is 1.81. The Morgan fingerprint density at radius 3 is 2.67 bits per heavy atom. The van der Waals surface area contributed by atoms with E-state index in [1.54, 1.807) is 6.92 Å². The summed E-state index contributed by atoms with van der Waals surface area (Å²) in [5.74, 6) is 0.338. The molecule has 0 radical (unpaired) electrons. The lowest BCUT2D eigenvalue weighted by Crippen LogP contribution is -2.22. The zero-order valence-corrected chi connectivity index (χ0v) is 11.7. The number of nitrogens with two attached hydrogens (primary N) is 1. The first-order valence-electron chi connectivity index (χ1n) is 6.78. The summed E-state index contributed by atoms with van der Waals surface area (Å²) in [5, 5.41) is 15.3. The number of nitrogen functional groups attached to an aromatic ring is 1. The first kappa shape index (κ1) is 13.5. The van der Waals surface area contributed by atoms with Gasteiger partial charge < -0.3 is 10.8 Å². The second kappa shape index (κ2) is 5.10. The molecule has 0 amide bonds. The normalized spacial score (nSPS) is 12.7. The Bertz CT molecular complexity index is 843. The highest BCUT2D eigenvalue weighted by atomic mass is 16.3. The number of aliphatic hydroxyl groups excluding tert-OH is 1. The fraction of sp³-hybridized carbons (Fsp3) is 0.188. The molecule has 4 N–H and O–H groups in total. The van der Waals surface area contributed by atoms with Gasteiger partial charge in [-0.05, 0) is 23.3 Å². The number of anilines is 1. The van der Waals surface area contributed by atoms with Gasteiger partial charge in [0.05, 0.1) is 18.2 Å². The number of aliphatic hydroxyl groups is 1. The largest absolute Gasteiger partial charge is 0.386 e. The molecular weight excluding hydrogens is 266 g/mol. The number of nitrogens with zero attached hydrogens (tertiary/aromatic N) is 1. The van der Waals surface area contributed by atoms with E-state index in [4.69, 9.17) is 5.73 Å². The van der Waals surface area contributed by atoms with Crippen molar-refractivity contribution in [3.8, 4) is 0 Å². The predicted octanol–water partition coefficient (Wildman–Crippen LogP) is 1.95. The van der Waals surface area contributed by atoms with Crippen molar-refractivity contribution in [2.75, 3.05) is 5.73 Å². The molecule has 0 saturated heterocycles. The van der Waals surface area contributed by atoms with Gasteiger partial charge in [-0.3, -0.25) is 9.89 Å². The summed E-state index contributed by atoms with van der Waals surface area (Å²) >= 11 is 0.